The molecular weight excluding hydrogens is 324 g/mol. The lowest BCUT2D eigenvalue weighted by Crippen LogP contribution is -2.45. The Balaban J connectivity index is 1.79. The number of likely N-dealkylation sites (N-methyl/N-ethyl adjacent to an activating group) is 1. The molecular formula is C18H26N2O5. The first-order chi connectivity index (χ1) is 12.0. The summed E-state index contributed by atoms with van der Waals surface area (Å²) in [4.78, 5) is 38.0. The molecule has 1 N–H and O–H groups in total. The topological polar surface area (TPSA) is 88.9 Å². The molecule has 0 saturated heterocycles. The summed E-state index contributed by atoms with van der Waals surface area (Å²) in [6.45, 7) is 3.74. The number of furan rings is 1. The fourth-order valence-corrected chi connectivity index (χ4v) is 3.11. The highest BCUT2D eigenvalue weighted by atomic mass is 16.5. The Morgan fingerprint density at radius 3 is 2.64 bits per heavy atom. The minimum Gasteiger partial charge on any atom is -0.459 e. The first kappa shape index (κ1) is 19.0. The molecule has 1 aliphatic carbocycles. The van der Waals surface area contributed by atoms with Crippen LogP contribution >= 0.6 is 0 Å². The van der Waals surface area contributed by atoms with E-state index in [0.717, 1.165) is 25.7 Å². The fraction of sp³-hybridized carbons (Fsp3) is 0.611. The van der Waals surface area contributed by atoms with E-state index < -0.39 is 17.9 Å². The number of amides is 2. The van der Waals surface area contributed by atoms with Gasteiger partial charge in [-0.2, -0.15) is 0 Å². The molecule has 2 rings (SSSR count). The molecule has 0 aliphatic heterocycles. The van der Waals surface area contributed by atoms with Crippen LogP contribution in [0, 0.1) is 0 Å². The van der Waals surface area contributed by atoms with Crippen molar-refractivity contribution in [3.63, 3.8) is 0 Å². The van der Waals surface area contributed by atoms with Crippen LogP contribution in [0.15, 0.2) is 22.8 Å². The lowest BCUT2D eigenvalue weighted by molar-refractivity contribution is -0.154. The molecule has 1 saturated carbocycles. The number of carbonyl (C=O) groups excluding carboxylic acids is 3. The molecule has 7 nitrogen and oxygen atoms in total. The molecule has 1 fully saturated rings. The van der Waals surface area contributed by atoms with E-state index in [1.165, 1.54) is 25.7 Å². The molecule has 25 heavy (non-hydrogen) atoms. The number of nitrogens with one attached hydrogen (secondary N) is 1. The highest BCUT2D eigenvalue weighted by molar-refractivity contribution is 5.94. The summed E-state index contributed by atoms with van der Waals surface area (Å²) in [6, 6.07) is 2.46. The molecule has 1 aromatic rings. The van der Waals surface area contributed by atoms with E-state index in [-0.39, 0.29) is 24.3 Å². The third-order valence-electron chi connectivity index (χ3n) is 4.46. The first-order valence-electron chi connectivity index (χ1n) is 8.83. The van der Waals surface area contributed by atoms with Crippen molar-refractivity contribution in [2.24, 2.45) is 0 Å². The van der Waals surface area contributed by atoms with Gasteiger partial charge in [-0.25, -0.2) is 4.79 Å². The van der Waals surface area contributed by atoms with E-state index in [1.807, 2.05) is 6.92 Å². The maximum atomic E-state index is 12.4. The summed E-state index contributed by atoms with van der Waals surface area (Å²) in [5.74, 6) is -1.22. The summed E-state index contributed by atoms with van der Waals surface area (Å²) in [7, 11) is 0. The second kappa shape index (κ2) is 9.25. The number of hydrogen-bond donors (Lipinski definition) is 1. The van der Waals surface area contributed by atoms with E-state index in [9.17, 15) is 14.4 Å². The maximum absolute atomic E-state index is 12.4. The zero-order chi connectivity index (χ0) is 18.2. The van der Waals surface area contributed by atoms with Crippen molar-refractivity contribution in [2.75, 3.05) is 13.2 Å². The third kappa shape index (κ3) is 5.34. The van der Waals surface area contributed by atoms with Crippen LogP contribution in [0.5, 0.6) is 0 Å². The molecule has 0 spiro atoms. The van der Waals surface area contributed by atoms with E-state index in [1.54, 1.807) is 11.0 Å². The van der Waals surface area contributed by atoms with Crippen LogP contribution in [0.4, 0.5) is 0 Å². The monoisotopic (exact) mass is 350 g/mol. The molecule has 138 valence electrons. The minimum absolute atomic E-state index is 0.116. The van der Waals surface area contributed by atoms with Crippen molar-refractivity contribution in [2.45, 2.75) is 58.0 Å². The molecule has 1 aromatic heterocycles. The number of nitrogens with zero attached hydrogens (tertiary/aromatic N) is 1. The highest BCUT2D eigenvalue weighted by Gasteiger charge is 2.26. The first-order valence-corrected chi connectivity index (χ1v) is 8.83. The molecule has 0 bridgehead atoms. The van der Waals surface area contributed by atoms with Crippen LogP contribution in [0.25, 0.3) is 0 Å². The number of ether oxygens (including phenoxy) is 1. The number of carbonyl (C=O) groups is 3. The van der Waals surface area contributed by atoms with Crippen LogP contribution in [0.2, 0.25) is 0 Å². The predicted octanol–water partition coefficient (Wildman–Crippen LogP) is 2.12. The van der Waals surface area contributed by atoms with Gasteiger partial charge in [-0.3, -0.25) is 9.59 Å². The quantitative estimate of drug-likeness (QED) is 0.761. The Kier molecular flexibility index (Phi) is 7.03. The van der Waals surface area contributed by atoms with Gasteiger partial charge < -0.3 is 19.4 Å². The van der Waals surface area contributed by atoms with Gasteiger partial charge in [0.25, 0.3) is 11.8 Å². The van der Waals surface area contributed by atoms with Crippen molar-refractivity contribution in [3.8, 4) is 0 Å². The molecule has 0 radical (unpaired) electrons. The van der Waals surface area contributed by atoms with Crippen LogP contribution in [-0.4, -0.2) is 47.9 Å². The van der Waals surface area contributed by atoms with Crippen LogP contribution in [0.1, 0.15) is 56.5 Å². The average molecular weight is 350 g/mol. The summed E-state index contributed by atoms with van der Waals surface area (Å²) in [6.07, 6.45) is 6.85. The van der Waals surface area contributed by atoms with E-state index in [2.05, 4.69) is 5.32 Å². The van der Waals surface area contributed by atoms with Crippen LogP contribution in [-0.2, 0) is 14.3 Å². The van der Waals surface area contributed by atoms with Crippen molar-refractivity contribution < 1.29 is 23.5 Å². The van der Waals surface area contributed by atoms with Crippen molar-refractivity contribution in [1.29, 1.82) is 0 Å². The van der Waals surface area contributed by atoms with E-state index in [4.69, 9.17) is 9.15 Å². The molecule has 1 aliphatic rings. The lowest BCUT2D eigenvalue weighted by Gasteiger charge is -2.33. The van der Waals surface area contributed by atoms with Gasteiger partial charge >= 0.3 is 5.97 Å². The predicted molar refractivity (Wildman–Crippen MR) is 90.9 cm³/mol. The highest BCUT2D eigenvalue weighted by Crippen LogP contribution is 2.22. The molecule has 1 atom stereocenters. The Morgan fingerprint density at radius 2 is 2.04 bits per heavy atom. The zero-order valence-electron chi connectivity index (χ0n) is 14.8. The van der Waals surface area contributed by atoms with Gasteiger partial charge in [-0.05, 0) is 38.8 Å². The summed E-state index contributed by atoms with van der Waals surface area (Å²) in [5.41, 5.74) is 0. The summed E-state index contributed by atoms with van der Waals surface area (Å²) < 4.78 is 10.0. The fourth-order valence-electron chi connectivity index (χ4n) is 3.11. The van der Waals surface area contributed by atoms with Gasteiger partial charge in [0.15, 0.2) is 12.4 Å². The van der Waals surface area contributed by atoms with E-state index in [0.29, 0.717) is 6.54 Å². The van der Waals surface area contributed by atoms with Crippen molar-refractivity contribution in [1.82, 2.24) is 10.2 Å². The third-order valence-corrected chi connectivity index (χ3v) is 4.46. The van der Waals surface area contributed by atoms with Gasteiger partial charge in [0, 0.05) is 12.6 Å². The van der Waals surface area contributed by atoms with E-state index >= 15 is 0 Å². The summed E-state index contributed by atoms with van der Waals surface area (Å²) in [5, 5.41) is 2.48. The maximum Gasteiger partial charge on any atom is 0.328 e. The Morgan fingerprint density at radius 1 is 1.32 bits per heavy atom. The van der Waals surface area contributed by atoms with Crippen LogP contribution < -0.4 is 5.32 Å². The Labute approximate surface area is 147 Å². The Bertz CT molecular complexity index is 578. The molecule has 2 amide bonds. The minimum atomic E-state index is -0.866. The average Bonchev–Trinajstić information content (AvgIpc) is 3.16. The van der Waals surface area contributed by atoms with Crippen molar-refractivity contribution >= 4 is 17.8 Å². The Hall–Kier alpha value is -2.31. The molecule has 7 heteroatoms. The van der Waals surface area contributed by atoms with Gasteiger partial charge in [-0.1, -0.05) is 19.3 Å². The van der Waals surface area contributed by atoms with Crippen molar-refractivity contribution in [3.05, 3.63) is 24.2 Å². The zero-order valence-corrected chi connectivity index (χ0v) is 14.8. The standard InChI is InChI=1S/C18H26N2O5/c1-3-20(14-8-5-4-6-9-14)16(21)12-25-18(23)13(2)19-17(22)15-10-7-11-24-15/h7,10-11,13-14H,3-6,8-9,12H2,1-2H3,(H,19,22)/t13-/m1/s1. The molecule has 0 aromatic carbocycles. The van der Waals surface area contributed by atoms with Gasteiger partial charge in [0.2, 0.25) is 0 Å². The SMILES string of the molecule is CCN(C(=O)COC(=O)[C@@H](C)NC(=O)c1ccco1)C1CCCCC1. The van der Waals surface area contributed by atoms with Gasteiger partial charge in [0.1, 0.15) is 6.04 Å². The summed E-state index contributed by atoms with van der Waals surface area (Å²) >= 11 is 0. The molecule has 1 heterocycles. The van der Waals surface area contributed by atoms with Gasteiger partial charge in [0.05, 0.1) is 6.26 Å². The van der Waals surface area contributed by atoms with Gasteiger partial charge in [-0.15, -0.1) is 0 Å². The number of rotatable bonds is 7. The van der Waals surface area contributed by atoms with Crippen LogP contribution in [0.3, 0.4) is 0 Å². The smallest absolute Gasteiger partial charge is 0.328 e. The second-order valence-electron chi connectivity index (χ2n) is 6.25. The lowest BCUT2D eigenvalue weighted by atomic mass is 9.94. The number of esters is 1. The molecule has 0 unspecified atom stereocenters. The second-order valence-corrected chi connectivity index (χ2v) is 6.25. The normalized spacial score (nSPS) is 16.1. The largest absolute Gasteiger partial charge is 0.459 e. The number of hydrogen-bond acceptors (Lipinski definition) is 5.